The second kappa shape index (κ2) is 10.3. The van der Waals surface area contributed by atoms with E-state index in [0.717, 1.165) is 0 Å². The number of halogens is 2. The van der Waals surface area contributed by atoms with Gasteiger partial charge in [0.25, 0.3) is 5.56 Å². The first kappa shape index (κ1) is 22.6. The van der Waals surface area contributed by atoms with Crippen LogP contribution in [0.15, 0.2) is 52.4 Å². The van der Waals surface area contributed by atoms with Crippen molar-refractivity contribution in [3.63, 3.8) is 0 Å². The first-order valence-electron chi connectivity index (χ1n) is 9.32. The van der Waals surface area contributed by atoms with Crippen LogP contribution in [0.1, 0.15) is 13.3 Å². The number of aromatic nitrogens is 2. The monoisotopic (exact) mass is 465 g/mol. The van der Waals surface area contributed by atoms with E-state index in [1.165, 1.54) is 11.8 Å². The Bertz CT molecular complexity index is 1120. The van der Waals surface area contributed by atoms with Crippen LogP contribution in [0, 0.1) is 0 Å². The zero-order valence-corrected chi connectivity index (χ0v) is 18.9. The van der Waals surface area contributed by atoms with Crippen LogP contribution in [0.5, 0.6) is 0 Å². The third kappa shape index (κ3) is 5.35. The number of carbonyl (C=O) groups is 1. The van der Waals surface area contributed by atoms with Crippen LogP contribution in [-0.4, -0.2) is 34.4 Å². The molecule has 0 saturated carbocycles. The van der Waals surface area contributed by atoms with Gasteiger partial charge in [-0.05, 0) is 43.7 Å². The third-order valence-corrected chi connectivity index (χ3v) is 6.05. The number of methoxy groups -OCH3 is 1. The molecule has 3 aromatic rings. The normalized spacial score (nSPS) is 12.1. The van der Waals surface area contributed by atoms with E-state index < -0.39 is 5.25 Å². The molecule has 0 radical (unpaired) electrons. The van der Waals surface area contributed by atoms with Crippen LogP contribution in [0.4, 0.5) is 5.69 Å². The number of nitrogens with zero attached hydrogens (tertiary/aromatic N) is 2. The van der Waals surface area contributed by atoms with E-state index in [4.69, 9.17) is 27.9 Å². The summed E-state index contributed by atoms with van der Waals surface area (Å²) >= 11 is 13.3. The van der Waals surface area contributed by atoms with Crippen molar-refractivity contribution in [2.75, 3.05) is 19.0 Å². The number of benzene rings is 2. The fourth-order valence-electron chi connectivity index (χ4n) is 2.84. The minimum absolute atomic E-state index is 0.135. The van der Waals surface area contributed by atoms with Gasteiger partial charge in [0.05, 0.1) is 26.9 Å². The average molecular weight is 466 g/mol. The second-order valence-corrected chi connectivity index (χ2v) is 8.74. The first-order chi connectivity index (χ1) is 14.4. The highest BCUT2D eigenvalue weighted by molar-refractivity contribution is 8.00. The number of amides is 1. The van der Waals surface area contributed by atoms with E-state index in [1.807, 2.05) is 12.1 Å². The fourth-order valence-corrected chi connectivity index (χ4v) is 4.11. The van der Waals surface area contributed by atoms with Gasteiger partial charge >= 0.3 is 0 Å². The number of hydrogen-bond donors (Lipinski definition) is 1. The standard InChI is InChI=1S/C21H21Cl2N3O3S/c1-13(19(27)24-18-12-14(22)8-9-16(18)23)30-21-25-17-7-4-3-6-15(17)20(28)26(21)10-5-11-29-2/h3-4,6-9,12-13H,5,10-11H2,1-2H3,(H,24,27)/t13-/m1/s1. The summed E-state index contributed by atoms with van der Waals surface area (Å²) in [5.74, 6) is -0.269. The molecule has 0 spiro atoms. The Hall–Kier alpha value is -2.06. The van der Waals surface area contributed by atoms with E-state index >= 15 is 0 Å². The zero-order valence-electron chi connectivity index (χ0n) is 16.5. The van der Waals surface area contributed by atoms with Crippen molar-refractivity contribution >= 4 is 57.5 Å². The molecule has 3 rings (SSSR count). The number of fused-ring (bicyclic) bond motifs is 1. The lowest BCUT2D eigenvalue weighted by atomic mass is 10.2. The maximum absolute atomic E-state index is 13.0. The Morgan fingerprint density at radius 1 is 1.27 bits per heavy atom. The lowest BCUT2D eigenvalue weighted by molar-refractivity contribution is -0.115. The largest absolute Gasteiger partial charge is 0.385 e. The summed E-state index contributed by atoms with van der Waals surface area (Å²) in [4.78, 5) is 30.4. The van der Waals surface area contributed by atoms with E-state index in [9.17, 15) is 9.59 Å². The number of hydrogen-bond acceptors (Lipinski definition) is 5. The van der Waals surface area contributed by atoms with Gasteiger partial charge in [-0.25, -0.2) is 4.98 Å². The van der Waals surface area contributed by atoms with Gasteiger partial charge in [-0.15, -0.1) is 0 Å². The molecular formula is C21H21Cl2N3O3S. The van der Waals surface area contributed by atoms with Crippen molar-refractivity contribution in [1.82, 2.24) is 9.55 Å². The van der Waals surface area contributed by atoms with Gasteiger partial charge in [0.2, 0.25) is 5.91 Å². The van der Waals surface area contributed by atoms with Crippen molar-refractivity contribution in [1.29, 1.82) is 0 Å². The smallest absolute Gasteiger partial charge is 0.262 e. The topological polar surface area (TPSA) is 73.2 Å². The summed E-state index contributed by atoms with van der Waals surface area (Å²) in [5.41, 5.74) is 0.897. The summed E-state index contributed by atoms with van der Waals surface area (Å²) < 4.78 is 6.71. The molecule has 6 nitrogen and oxygen atoms in total. The molecule has 0 aliphatic rings. The van der Waals surface area contributed by atoms with Gasteiger partial charge in [-0.2, -0.15) is 0 Å². The molecule has 1 aromatic heterocycles. The van der Waals surface area contributed by atoms with Gasteiger partial charge in [0, 0.05) is 25.3 Å². The summed E-state index contributed by atoms with van der Waals surface area (Å²) in [5, 5.41) is 4.15. The van der Waals surface area contributed by atoms with E-state index in [2.05, 4.69) is 10.3 Å². The first-order valence-corrected chi connectivity index (χ1v) is 11.0. The average Bonchev–Trinajstić information content (AvgIpc) is 2.73. The van der Waals surface area contributed by atoms with Crippen molar-refractivity contribution in [2.45, 2.75) is 30.3 Å². The minimum Gasteiger partial charge on any atom is -0.385 e. The molecular weight excluding hydrogens is 445 g/mol. The molecule has 0 aliphatic carbocycles. The molecule has 158 valence electrons. The van der Waals surface area contributed by atoms with Gasteiger partial charge < -0.3 is 10.1 Å². The summed E-state index contributed by atoms with van der Waals surface area (Å²) in [6, 6.07) is 12.0. The van der Waals surface area contributed by atoms with E-state index in [-0.39, 0.29) is 11.5 Å². The van der Waals surface area contributed by atoms with Crippen LogP contribution in [0.2, 0.25) is 10.0 Å². The van der Waals surface area contributed by atoms with Crippen LogP contribution < -0.4 is 10.9 Å². The third-order valence-electron chi connectivity index (χ3n) is 4.39. The van der Waals surface area contributed by atoms with Crippen molar-refractivity contribution < 1.29 is 9.53 Å². The second-order valence-electron chi connectivity index (χ2n) is 6.59. The fraction of sp³-hybridized carbons (Fsp3) is 0.286. The number of carbonyl (C=O) groups excluding carboxylic acids is 1. The van der Waals surface area contributed by atoms with Gasteiger partial charge in [0.15, 0.2) is 5.16 Å². The molecule has 1 atom stereocenters. The Kier molecular flexibility index (Phi) is 7.77. The van der Waals surface area contributed by atoms with Gasteiger partial charge in [-0.1, -0.05) is 47.1 Å². The molecule has 0 bridgehead atoms. The number of thioether (sulfide) groups is 1. The Morgan fingerprint density at radius 3 is 2.80 bits per heavy atom. The highest BCUT2D eigenvalue weighted by Gasteiger charge is 2.20. The Morgan fingerprint density at radius 2 is 2.03 bits per heavy atom. The van der Waals surface area contributed by atoms with E-state index in [1.54, 1.807) is 48.9 Å². The van der Waals surface area contributed by atoms with Crippen LogP contribution >= 0.6 is 35.0 Å². The molecule has 0 unspecified atom stereocenters. The molecule has 1 heterocycles. The molecule has 1 N–H and O–H groups in total. The molecule has 0 saturated heterocycles. The highest BCUT2D eigenvalue weighted by atomic mass is 35.5. The molecule has 9 heteroatoms. The van der Waals surface area contributed by atoms with Crippen LogP contribution in [0.3, 0.4) is 0 Å². The van der Waals surface area contributed by atoms with E-state index in [0.29, 0.717) is 51.4 Å². The number of ether oxygens (including phenoxy) is 1. The molecule has 30 heavy (non-hydrogen) atoms. The minimum atomic E-state index is -0.526. The summed E-state index contributed by atoms with van der Waals surface area (Å²) in [6.45, 7) is 2.72. The van der Waals surface area contributed by atoms with Crippen molar-refractivity contribution in [3.05, 3.63) is 62.9 Å². The summed E-state index contributed by atoms with van der Waals surface area (Å²) in [6.07, 6.45) is 0.655. The van der Waals surface area contributed by atoms with Gasteiger partial charge in [-0.3, -0.25) is 14.2 Å². The number of rotatable bonds is 8. The predicted octanol–water partition coefficient (Wildman–Crippen LogP) is 4.86. The number of nitrogens with one attached hydrogen (secondary N) is 1. The zero-order chi connectivity index (χ0) is 21.7. The lowest BCUT2D eigenvalue weighted by Crippen LogP contribution is -2.27. The predicted molar refractivity (Wildman–Crippen MR) is 123 cm³/mol. The van der Waals surface area contributed by atoms with Crippen molar-refractivity contribution in [2.24, 2.45) is 0 Å². The number of para-hydroxylation sites is 1. The summed E-state index contributed by atoms with van der Waals surface area (Å²) in [7, 11) is 1.62. The maximum atomic E-state index is 13.0. The van der Waals surface area contributed by atoms with Crippen molar-refractivity contribution in [3.8, 4) is 0 Å². The van der Waals surface area contributed by atoms with Crippen LogP contribution in [-0.2, 0) is 16.1 Å². The Labute approximate surface area is 188 Å². The highest BCUT2D eigenvalue weighted by Crippen LogP contribution is 2.28. The molecule has 2 aromatic carbocycles. The molecule has 0 fully saturated rings. The Balaban J connectivity index is 1.87. The quantitative estimate of drug-likeness (QED) is 0.292. The molecule has 0 aliphatic heterocycles. The SMILES string of the molecule is COCCCn1c(S[C@H](C)C(=O)Nc2cc(Cl)ccc2Cl)nc2ccccc2c1=O. The maximum Gasteiger partial charge on any atom is 0.262 e. The lowest BCUT2D eigenvalue weighted by Gasteiger charge is -2.17. The van der Waals surface area contributed by atoms with Gasteiger partial charge in [0.1, 0.15) is 0 Å². The number of anilines is 1. The van der Waals surface area contributed by atoms with Crippen LogP contribution in [0.25, 0.3) is 10.9 Å². The molecule has 1 amide bonds.